The van der Waals surface area contributed by atoms with Gasteiger partial charge in [0.2, 0.25) is 0 Å². The second-order valence-corrected chi connectivity index (χ2v) is 5.33. The van der Waals surface area contributed by atoms with E-state index in [1.54, 1.807) is 24.4 Å². The summed E-state index contributed by atoms with van der Waals surface area (Å²) in [4.78, 5) is 4.27. The van der Waals surface area contributed by atoms with E-state index < -0.39 is 0 Å². The van der Waals surface area contributed by atoms with E-state index in [4.69, 9.17) is 23.2 Å². The Labute approximate surface area is 131 Å². The Balaban J connectivity index is 2.17. The number of hydrogen-bond donors (Lipinski definition) is 1. The largest absolute Gasteiger partial charge is 0.354 e. The molecule has 0 amide bonds. The highest BCUT2D eigenvalue weighted by Crippen LogP contribution is 2.31. The lowest BCUT2D eigenvalue weighted by atomic mass is 10.1. The highest BCUT2D eigenvalue weighted by Gasteiger charge is 2.09. The Morgan fingerprint density at radius 2 is 1.76 bits per heavy atom. The molecule has 0 atom stereocenters. The van der Waals surface area contributed by atoms with Crippen molar-refractivity contribution in [2.45, 2.75) is 0 Å². The van der Waals surface area contributed by atoms with E-state index in [9.17, 15) is 5.26 Å². The molecule has 0 saturated carbocycles. The second kappa shape index (κ2) is 5.61. The Kier molecular flexibility index (Phi) is 3.66. The minimum atomic E-state index is 0.463. The average molecular weight is 314 g/mol. The minimum absolute atomic E-state index is 0.463. The summed E-state index contributed by atoms with van der Waals surface area (Å²) in [6, 6.07) is 14.9. The SMILES string of the molecule is N#Cc1cnc2ccccc2c1Nc1cc(Cl)cc(Cl)c1. The number of fused-ring (bicyclic) bond motifs is 1. The Morgan fingerprint density at radius 3 is 2.48 bits per heavy atom. The summed E-state index contributed by atoms with van der Waals surface area (Å²) < 4.78 is 0. The summed E-state index contributed by atoms with van der Waals surface area (Å²) in [5.41, 5.74) is 2.69. The van der Waals surface area contributed by atoms with Gasteiger partial charge in [-0.2, -0.15) is 5.26 Å². The summed E-state index contributed by atoms with van der Waals surface area (Å²) >= 11 is 12.0. The van der Waals surface area contributed by atoms with Gasteiger partial charge in [0.05, 0.1) is 16.8 Å². The van der Waals surface area contributed by atoms with Gasteiger partial charge in [0.25, 0.3) is 0 Å². The number of halogens is 2. The van der Waals surface area contributed by atoms with Gasteiger partial charge in [-0.25, -0.2) is 0 Å². The van der Waals surface area contributed by atoms with Crippen LogP contribution < -0.4 is 5.32 Å². The summed E-state index contributed by atoms with van der Waals surface area (Å²) in [6.45, 7) is 0. The van der Waals surface area contributed by atoms with Crippen molar-refractivity contribution in [3.8, 4) is 6.07 Å². The average Bonchev–Trinajstić information content (AvgIpc) is 2.46. The highest BCUT2D eigenvalue weighted by atomic mass is 35.5. The van der Waals surface area contributed by atoms with Crippen LogP contribution in [0.25, 0.3) is 10.9 Å². The van der Waals surface area contributed by atoms with Crippen molar-refractivity contribution in [1.82, 2.24) is 4.98 Å². The third kappa shape index (κ3) is 2.78. The summed E-state index contributed by atoms with van der Waals surface area (Å²) in [7, 11) is 0. The second-order valence-electron chi connectivity index (χ2n) is 4.46. The van der Waals surface area contributed by atoms with Crippen molar-refractivity contribution in [2.75, 3.05) is 5.32 Å². The first-order valence-corrected chi connectivity index (χ1v) is 6.94. The van der Waals surface area contributed by atoms with E-state index >= 15 is 0 Å². The first kappa shape index (κ1) is 13.7. The van der Waals surface area contributed by atoms with E-state index in [-0.39, 0.29) is 0 Å². The number of rotatable bonds is 2. The molecule has 1 N–H and O–H groups in total. The van der Waals surface area contributed by atoms with Gasteiger partial charge in [-0.3, -0.25) is 4.98 Å². The lowest BCUT2D eigenvalue weighted by molar-refractivity contribution is 1.36. The monoisotopic (exact) mass is 313 g/mol. The van der Waals surface area contributed by atoms with E-state index in [1.165, 1.54) is 0 Å². The van der Waals surface area contributed by atoms with Crippen LogP contribution in [0.1, 0.15) is 5.56 Å². The van der Waals surface area contributed by atoms with Crippen LogP contribution in [0.3, 0.4) is 0 Å². The topological polar surface area (TPSA) is 48.7 Å². The van der Waals surface area contributed by atoms with Crippen LogP contribution >= 0.6 is 23.2 Å². The number of hydrogen-bond acceptors (Lipinski definition) is 3. The van der Waals surface area contributed by atoms with Gasteiger partial charge in [-0.05, 0) is 24.3 Å². The van der Waals surface area contributed by atoms with Crippen molar-refractivity contribution in [1.29, 1.82) is 5.26 Å². The van der Waals surface area contributed by atoms with E-state index in [0.29, 0.717) is 21.3 Å². The number of aromatic nitrogens is 1. The number of para-hydroxylation sites is 1. The van der Waals surface area contributed by atoms with Crippen LogP contribution in [0.15, 0.2) is 48.7 Å². The third-order valence-corrected chi connectivity index (χ3v) is 3.46. The molecular formula is C16H9Cl2N3. The van der Waals surface area contributed by atoms with Crippen LogP contribution in [-0.4, -0.2) is 4.98 Å². The van der Waals surface area contributed by atoms with E-state index in [1.807, 2.05) is 24.3 Å². The molecule has 3 rings (SSSR count). The Morgan fingerprint density at radius 1 is 1.05 bits per heavy atom. The molecule has 0 saturated heterocycles. The number of nitrogens with one attached hydrogen (secondary N) is 1. The van der Waals surface area contributed by atoms with Gasteiger partial charge < -0.3 is 5.32 Å². The maximum atomic E-state index is 9.28. The maximum absolute atomic E-state index is 9.28. The predicted octanol–water partition coefficient (Wildman–Crippen LogP) is 5.16. The number of nitrogens with zero attached hydrogens (tertiary/aromatic N) is 2. The lowest BCUT2D eigenvalue weighted by Crippen LogP contribution is -1.96. The Bertz CT molecular complexity index is 849. The van der Waals surface area contributed by atoms with Gasteiger partial charge >= 0.3 is 0 Å². The molecule has 0 fully saturated rings. The zero-order valence-corrected chi connectivity index (χ0v) is 12.3. The van der Waals surface area contributed by atoms with Crippen molar-refractivity contribution < 1.29 is 0 Å². The van der Waals surface area contributed by atoms with Gasteiger partial charge in [0.1, 0.15) is 6.07 Å². The molecule has 0 aliphatic heterocycles. The molecule has 3 aromatic rings. The van der Waals surface area contributed by atoms with Crippen LogP contribution in [-0.2, 0) is 0 Å². The highest BCUT2D eigenvalue weighted by molar-refractivity contribution is 6.35. The fourth-order valence-corrected chi connectivity index (χ4v) is 2.66. The van der Waals surface area contributed by atoms with Crippen molar-refractivity contribution in [2.24, 2.45) is 0 Å². The molecule has 21 heavy (non-hydrogen) atoms. The predicted molar refractivity (Wildman–Crippen MR) is 86.2 cm³/mol. The standard InChI is InChI=1S/C16H9Cl2N3/c17-11-5-12(18)7-13(6-11)21-16-10(8-19)9-20-15-4-2-1-3-14(15)16/h1-7,9H,(H,20,21). The van der Waals surface area contributed by atoms with Gasteiger partial charge in [-0.15, -0.1) is 0 Å². The Hall–Kier alpha value is -2.28. The summed E-state index contributed by atoms with van der Waals surface area (Å²) in [6.07, 6.45) is 1.55. The lowest BCUT2D eigenvalue weighted by Gasteiger charge is -2.12. The molecule has 1 aromatic heterocycles. The van der Waals surface area contributed by atoms with Crippen LogP contribution in [0.4, 0.5) is 11.4 Å². The molecule has 0 aliphatic carbocycles. The van der Waals surface area contributed by atoms with Gasteiger partial charge in [0.15, 0.2) is 0 Å². The van der Waals surface area contributed by atoms with Crippen LogP contribution in [0.5, 0.6) is 0 Å². The molecule has 0 spiro atoms. The van der Waals surface area contributed by atoms with Crippen molar-refractivity contribution in [3.63, 3.8) is 0 Å². The number of pyridine rings is 1. The molecule has 2 aromatic carbocycles. The normalized spacial score (nSPS) is 10.3. The smallest absolute Gasteiger partial charge is 0.103 e. The minimum Gasteiger partial charge on any atom is -0.354 e. The van der Waals surface area contributed by atoms with Crippen LogP contribution in [0.2, 0.25) is 10.0 Å². The molecule has 5 heteroatoms. The molecule has 0 unspecified atom stereocenters. The third-order valence-electron chi connectivity index (χ3n) is 3.03. The molecular weight excluding hydrogens is 305 g/mol. The van der Waals surface area contributed by atoms with Crippen LogP contribution in [0, 0.1) is 11.3 Å². The van der Waals surface area contributed by atoms with Gasteiger partial charge in [0, 0.05) is 27.3 Å². The molecule has 1 heterocycles. The maximum Gasteiger partial charge on any atom is 0.103 e. The quantitative estimate of drug-likeness (QED) is 0.711. The molecule has 0 radical (unpaired) electrons. The number of nitriles is 1. The zero-order valence-electron chi connectivity index (χ0n) is 10.8. The van der Waals surface area contributed by atoms with Crippen molar-refractivity contribution in [3.05, 3.63) is 64.3 Å². The summed E-state index contributed by atoms with van der Waals surface area (Å²) in [5.74, 6) is 0. The molecule has 3 nitrogen and oxygen atoms in total. The van der Waals surface area contributed by atoms with Crippen molar-refractivity contribution >= 4 is 45.5 Å². The first-order valence-electron chi connectivity index (χ1n) is 6.18. The van der Waals surface area contributed by atoms with E-state index in [0.717, 1.165) is 16.6 Å². The summed E-state index contributed by atoms with van der Waals surface area (Å²) in [5, 5.41) is 14.4. The number of benzene rings is 2. The fraction of sp³-hybridized carbons (Fsp3) is 0. The number of anilines is 2. The molecule has 0 aliphatic rings. The zero-order chi connectivity index (χ0) is 14.8. The molecule has 0 bridgehead atoms. The molecule has 102 valence electrons. The first-order chi connectivity index (χ1) is 10.2. The van der Waals surface area contributed by atoms with E-state index in [2.05, 4.69) is 16.4 Å². The van der Waals surface area contributed by atoms with Gasteiger partial charge in [-0.1, -0.05) is 41.4 Å². The fourth-order valence-electron chi connectivity index (χ4n) is 2.13.